The van der Waals surface area contributed by atoms with Crippen LogP contribution in [0.2, 0.25) is 0 Å². The zero-order valence-corrected chi connectivity index (χ0v) is 15.5. The highest BCUT2D eigenvalue weighted by molar-refractivity contribution is 7.99. The normalized spacial score (nSPS) is 10.6. The zero-order valence-electron chi connectivity index (χ0n) is 14.7. The smallest absolute Gasteiger partial charge is 0.193 e. The van der Waals surface area contributed by atoms with Crippen LogP contribution in [0.1, 0.15) is 32.6 Å². The Morgan fingerprint density at radius 1 is 0.840 bits per heavy atom. The van der Waals surface area contributed by atoms with Crippen LogP contribution < -0.4 is 0 Å². The molecule has 126 valence electrons. The largest absolute Gasteiger partial charge is 0.289 e. The van der Waals surface area contributed by atoms with Crippen molar-refractivity contribution in [3.8, 4) is 0 Å². The fourth-order valence-corrected chi connectivity index (χ4v) is 4.12. The van der Waals surface area contributed by atoms with Gasteiger partial charge < -0.3 is 0 Å². The molecule has 0 bridgehead atoms. The van der Waals surface area contributed by atoms with Crippen LogP contribution >= 0.6 is 11.8 Å². The van der Waals surface area contributed by atoms with Crippen molar-refractivity contribution >= 4 is 17.5 Å². The van der Waals surface area contributed by atoms with Gasteiger partial charge in [0.05, 0.1) is 0 Å². The number of hydrogen-bond donors (Lipinski definition) is 0. The maximum atomic E-state index is 12.8. The van der Waals surface area contributed by atoms with Gasteiger partial charge in [0.1, 0.15) is 0 Å². The highest BCUT2D eigenvalue weighted by atomic mass is 32.2. The van der Waals surface area contributed by atoms with Crippen LogP contribution in [-0.2, 0) is 6.42 Å². The molecule has 0 aliphatic carbocycles. The third kappa shape index (κ3) is 4.21. The highest BCUT2D eigenvalue weighted by Gasteiger charge is 2.15. The molecule has 1 nitrogen and oxygen atoms in total. The van der Waals surface area contributed by atoms with E-state index in [1.807, 2.05) is 54.2 Å². The van der Waals surface area contributed by atoms with Gasteiger partial charge >= 0.3 is 0 Å². The number of aryl methyl sites for hydroxylation is 2. The number of benzene rings is 3. The molecule has 3 aromatic carbocycles. The van der Waals surface area contributed by atoms with E-state index in [1.165, 1.54) is 16.0 Å². The third-order valence-electron chi connectivity index (χ3n) is 4.36. The minimum Gasteiger partial charge on any atom is -0.289 e. The average Bonchev–Trinajstić information content (AvgIpc) is 2.65. The van der Waals surface area contributed by atoms with Crippen LogP contribution in [-0.4, -0.2) is 11.5 Å². The number of hydrogen-bond acceptors (Lipinski definition) is 2. The van der Waals surface area contributed by atoms with Gasteiger partial charge in [-0.25, -0.2) is 0 Å². The molecule has 0 fully saturated rings. The molecule has 0 unspecified atom stereocenters. The predicted molar refractivity (Wildman–Crippen MR) is 107 cm³/mol. The molecule has 0 aliphatic heterocycles. The van der Waals surface area contributed by atoms with Gasteiger partial charge in [0, 0.05) is 21.8 Å². The number of ketones is 1. The average molecular weight is 346 g/mol. The summed E-state index contributed by atoms with van der Waals surface area (Å²) in [6.45, 7) is 4.18. The van der Waals surface area contributed by atoms with Gasteiger partial charge in [0.15, 0.2) is 5.78 Å². The monoisotopic (exact) mass is 346 g/mol. The molecule has 0 spiro atoms. The molecule has 0 N–H and O–H groups in total. The second kappa shape index (κ2) is 8.17. The predicted octanol–water partition coefficient (Wildman–Crippen LogP) is 5.87. The molecular formula is C23H22OS. The van der Waals surface area contributed by atoms with Crippen molar-refractivity contribution in [3.05, 3.63) is 101 Å². The van der Waals surface area contributed by atoms with E-state index >= 15 is 0 Å². The first-order valence-corrected chi connectivity index (χ1v) is 9.52. The van der Waals surface area contributed by atoms with E-state index < -0.39 is 0 Å². The maximum absolute atomic E-state index is 12.8. The van der Waals surface area contributed by atoms with Gasteiger partial charge in [0.25, 0.3) is 0 Å². The maximum Gasteiger partial charge on any atom is 0.193 e. The number of rotatable bonds is 6. The van der Waals surface area contributed by atoms with Gasteiger partial charge in [-0.1, -0.05) is 72.8 Å². The Morgan fingerprint density at radius 3 is 2.16 bits per heavy atom. The second-order valence-corrected chi connectivity index (χ2v) is 7.27. The first kappa shape index (κ1) is 17.5. The summed E-state index contributed by atoms with van der Waals surface area (Å²) < 4.78 is 0. The summed E-state index contributed by atoms with van der Waals surface area (Å²) >= 11 is 1.84. The molecule has 0 saturated carbocycles. The Morgan fingerprint density at radius 2 is 1.48 bits per heavy atom. The lowest BCUT2D eigenvalue weighted by Crippen LogP contribution is -2.05. The Labute approximate surface area is 154 Å². The molecule has 0 amide bonds. The number of carbonyl (C=O) groups is 1. The molecular weight excluding hydrogens is 324 g/mol. The zero-order chi connectivity index (χ0) is 17.6. The van der Waals surface area contributed by atoms with Crippen molar-refractivity contribution in [2.24, 2.45) is 0 Å². The summed E-state index contributed by atoms with van der Waals surface area (Å²) in [6, 6.07) is 24.1. The second-order valence-electron chi connectivity index (χ2n) is 6.16. The van der Waals surface area contributed by atoms with Crippen molar-refractivity contribution in [2.45, 2.75) is 25.2 Å². The summed E-state index contributed by atoms with van der Waals surface area (Å²) in [5, 5.41) is 0. The Hall–Kier alpha value is -2.32. The van der Waals surface area contributed by atoms with E-state index in [2.05, 4.69) is 44.2 Å². The molecule has 3 aromatic rings. The van der Waals surface area contributed by atoms with Crippen LogP contribution in [0.25, 0.3) is 0 Å². The van der Waals surface area contributed by atoms with E-state index in [0.29, 0.717) is 0 Å². The van der Waals surface area contributed by atoms with E-state index in [9.17, 15) is 4.79 Å². The summed E-state index contributed by atoms with van der Waals surface area (Å²) in [5.74, 6) is 1.11. The molecule has 25 heavy (non-hydrogen) atoms. The molecule has 3 rings (SSSR count). The van der Waals surface area contributed by atoms with Gasteiger partial charge in [-0.2, -0.15) is 0 Å². The highest BCUT2D eigenvalue weighted by Crippen LogP contribution is 2.30. The standard InChI is InChI=1S/C23H22OS/c1-17-13-14-21(22(24)20-11-7-4-8-12-20)18(2)23(17)25-16-15-19-9-5-3-6-10-19/h3-14H,15-16H2,1-2H3. The fraction of sp³-hybridized carbons (Fsp3) is 0.174. The molecule has 0 heterocycles. The number of thioether (sulfide) groups is 1. The van der Waals surface area contributed by atoms with Gasteiger partial charge in [-0.3, -0.25) is 4.79 Å². The summed E-state index contributed by atoms with van der Waals surface area (Å²) in [7, 11) is 0. The molecule has 0 aromatic heterocycles. The van der Waals surface area contributed by atoms with Gasteiger partial charge in [0.2, 0.25) is 0 Å². The lowest BCUT2D eigenvalue weighted by atomic mass is 9.97. The minimum absolute atomic E-state index is 0.100. The van der Waals surface area contributed by atoms with Crippen molar-refractivity contribution in [2.75, 3.05) is 5.75 Å². The lowest BCUT2D eigenvalue weighted by Gasteiger charge is -2.13. The van der Waals surface area contributed by atoms with Crippen molar-refractivity contribution < 1.29 is 4.79 Å². The van der Waals surface area contributed by atoms with Crippen LogP contribution in [0, 0.1) is 13.8 Å². The third-order valence-corrected chi connectivity index (χ3v) is 5.69. The SMILES string of the molecule is Cc1ccc(C(=O)c2ccccc2)c(C)c1SCCc1ccccc1. The number of carbonyl (C=O) groups excluding carboxylic acids is 1. The Bertz CT molecular complexity index is 854. The van der Waals surface area contributed by atoms with Gasteiger partial charge in [-0.05, 0) is 37.0 Å². The quantitative estimate of drug-likeness (QED) is 0.410. The van der Waals surface area contributed by atoms with Crippen LogP contribution in [0.15, 0.2) is 77.7 Å². The first-order chi connectivity index (χ1) is 12.2. The Kier molecular flexibility index (Phi) is 5.72. The molecule has 0 saturated heterocycles. The van der Waals surface area contributed by atoms with Crippen molar-refractivity contribution in [3.63, 3.8) is 0 Å². The Balaban J connectivity index is 1.79. The van der Waals surface area contributed by atoms with Crippen LogP contribution in [0.5, 0.6) is 0 Å². The summed E-state index contributed by atoms with van der Waals surface area (Å²) in [4.78, 5) is 14.1. The van der Waals surface area contributed by atoms with E-state index in [0.717, 1.165) is 28.9 Å². The van der Waals surface area contributed by atoms with E-state index in [4.69, 9.17) is 0 Å². The van der Waals surface area contributed by atoms with Crippen molar-refractivity contribution in [1.82, 2.24) is 0 Å². The van der Waals surface area contributed by atoms with Gasteiger partial charge in [-0.15, -0.1) is 11.8 Å². The first-order valence-electron chi connectivity index (χ1n) is 8.53. The van der Waals surface area contributed by atoms with Crippen LogP contribution in [0.4, 0.5) is 0 Å². The van der Waals surface area contributed by atoms with E-state index in [-0.39, 0.29) is 5.78 Å². The summed E-state index contributed by atoms with van der Waals surface area (Å²) in [5.41, 5.74) is 5.22. The lowest BCUT2D eigenvalue weighted by molar-refractivity contribution is 0.103. The van der Waals surface area contributed by atoms with Crippen molar-refractivity contribution in [1.29, 1.82) is 0 Å². The molecule has 2 heteroatoms. The topological polar surface area (TPSA) is 17.1 Å². The minimum atomic E-state index is 0.100. The van der Waals surface area contributed by atoms with E-state index in [1.54, 1.807) is 0 Å². The molecule has 0 radical (unpaired) electrons. The summed E-state index contributed by atoms with van der Waals surface area (Å²) in [6.07, 6.45) is 1.03. The van der Waals surface area contributed by atoms with Crippen LogP contribution in [0.3, 0.4) is 0 Å². The molecule has 0 aliphatic rings. The fourth-order valence-electron chi connectivity index (χ4n) is 2.96. The molecule has 0 atom stereocenters.